The maximum Gasteiger partial charge on any atom is 0.153 e. The molecular formula is C13H8BrClO2S. The third-order valence-electron chi connectivity index (χ3n) is 2.68. The molecule has 18 heavy (non-hydrogen) atoms. The van der Waals surface area contributed by atoms with Crippen molar-refractivity contribution in [3.63, 3.8) is 0 Å². The number of aliphatic hydroxyl groups is 1. The Hall–Kier alpha value is -0.810. The Labute approximate surface area is 121 Å². The van der Waals surface area contributed by atoms with Gasteiger partial charge >= 0.3 is 0 Å². The Morgan fingerprint density at radius 1 is 1.33 bits per heavy atom. The average molecular weight is 344 g/mol. The lowest BCUT2D eigenvalue weighted by atomic mass is 10.2. The molecule has 2 nitrogen and oxygen atoms in total. The second-order valence-electron chi connectivity index (χ2n) is 3.84. The van der Waals surface area contributed by atoms with E-state index in [-0.39, 0.29) is 0 Å². The van der Waals surface area contributed by atoms with Crippen LogP contribution in [0, 0.1) is 0 Å². The smallest absolute Gasteiger partial charge is 0.153 e. The van der Waals surface area contributed by atoms with Gasteiger partial charge in [0.25, 0.3) is 0 Å². The van der Waals surface area contributed by atoms with Gasteiger partial charge in [0.05, 0.1) is 9.90 Å². The van der Waals surface area contributed by atoms with Crippen molar-refractivity contribution in [2.24, 2.45) is 0 Å². The summed E-state index contributed by atoms with van der Waals surface area (Å²) in [5.41, 5.74) is 0.612. The number of halogens is 2. The summed E-state index contributed by atoms with van der Waals surface area (Å²) in [6.07, 6.45) is -0.775. The predicted molar refractivity (Wildman–Crippen MR) is 77.3 cm³/mol. The van der Waals surface area contributed by atoms with Crippen LogP contribution in [0.25, 0.3) is 11.0 Å². The van der Waals surface area contributed by atoms with Crippen LogP contribution in [-0.4, -0.2) is 5.11 Å². The Kier molecular flexibility index (Phi) is 3.20. The second kappa shape index (κ2) is 4.70. The van der Waals surface area contributed by atoms with E-state index in [1.54, 1.807) is 6.07 Å². The highest BCUT2D eigenvalue weighted by Crippen LogP contribution is 2.36. The summed E-state index contributed by atoms with van der Waals surface area (Å²) in [6.45, 7) is 0. The van der Waals surface area contributed by atoms with Crippen LogP contribution in [0.4, 0.5) is 0 Å². The monoisotopic (exact) mass is 342 g/mol. The molecule has 0 saturated heterocycles. The molecule has 1 unspecified atom stereocenters. The van der Waals surface area contributed by atoms with Crippen molar-refractivity contribution in [2.45, 2.75) is 6.10 Å². The molecule has 0 saturated carbocycles. The molecule has 2 aromatic heterocycles. The predicted octanol–water partition coefficient (Wildman–Crippen LogP) is 4.99. The summed E-state index contributed by atoms with van der Waals surface area (Å²) in [5.74, 6) is 0.501. The summed E-state index contributed by atoms with van der Waals surface area (Å²) in [6, 6.07) is 9.25. The number of rotatable bonds is 2. The van der Waals surface area contributed by atoms with Crippen molar-refractivity contribution in [3.8, 4) is 0 Å². The molecule has 0 fully saturated rings. The highest BCUT2D eigenvalue weighted by molar-refractivity contribution is 9.10. The maximum atomic E-state index is 10.3. The van der Waals surface area contributed by atoms with Gasteiger partial charge in [-0.25, -0.2) is 0 Å². The number of fused-ring (bicyclic) bond motifs is 1. The number of furan rings is 1. The first-order chi connectivity index (χ1) is 8.66. The Bertz CT molecular complexity index is 704. The summed E-state index contributed by atoms with van der Waals surface area (Å²) in [4.78, 5) is 0.824. The van der Waals surface area contributed by atoms with E-state index in [1.807, 2.05) is 29.6 Å². The molecule has 92 valence electrons. The van der Waals surface area contributed by atoms with Gasteiger partial charge < -0.3 is 9.52 Å². The number of benzene rings is 1. The van der Waals surface area contributed by atoms with Crippen LogP contribution in [-0.2, 0) is 0 Å². The molecule has 0 bridgehead atoms. The van der Waals surface area contributed by atoms with E-state index >= 15 is 0 Å². The normalized spacial score (nSPS) is 13.1. The number of para-hydroxylation sites is 1. The zero-order chi connectivity index (χ0) is 12.7. The lowest BCUT2D eigenvalue weighted by molar-refractivity contribution is 0.195. The average Bonchev–Trinajstić information content (AvgIpc) is 2.95. The summed E-state index contributed by atoms with van der Waals surface area (Å²) in [5, 5.41) is 13.7. The van der Waals surface area contributed by atoms with Crippen molar-refractivity contribution in [1.82, 2.24) is 0 Å². The summed E-state index contributed by atoms with van der Waals surface area (Å²) >= 11 is 10.9. The van der Waals surface area contributed by atoms with Crippen LogP contribution >= 0.6 is 38.9 Å². The zero-order valence-corrected chi connectivity index (χ0v) is 12.2. The van der Waals surface area contributed by atoms with Crippen LogP contribution in [0.2, 0.25) is 5.02 Å². The standard InChI is InChI=1S/C13H8BrClO2S/c14-8-4-5-18-13(8)11(16)10-6-7-2-1-3-9(15)12(7)17-10/h1-6,11,16H. The van der Waals surface area contributed by atoms with E-state index in [2.05, 4.69) is 15.9 Å². The van der Waals surface area contributed by atoms with Crippen molar-refractivity contribution in [3.05, 3.63) is 55.8 Å². The second-order valence-corrected chi connectivity index (χ2v) is 6.05. The SMILES string of the molecule is OC(c1cc2cccc(Cl)c2o1)c1sccc1Br. The Morgan fingerprint density at radius 3 is 2.83 bits per heavy atom. The largest absolute Gasteiger partial charge is 0.456 e. The first-order valence-electron chi connectivity index (χ1n) is 5.25. The molecule has 0 radical (unpaired) electrons. The van der Waals surface area contributed by atoms with E-state index in [9.17, 15) is 5.11 Å². The van der Waals surface area contributed by atoms with Crippen LogP contribution in [0.5, 0.6) is 0 Å². The molecule has 0 spiro atoms. The number of hydrogen-bond donors (Lipinski definition) is 1. The van der Waals surface area contributed by atoms with Gasteiger partial charge in [-0.1, -0.05) is 23.7 Å². The molecule has 0 aliphatic carbocycles. The van der Waals surface area contributed by atoms with Crippen LogP contribution in [0.3, 0.4) is 0 Å². The lowest BCUT2D eigenvalue weighted by Gasteiger charge is -2.05. The third kappa shape index (κ3) is 1.99. The number of thiophene rings is 1. The van der Waals surface area contributed by atoms with Crippen LogP contribution in [0.15, 0.2) is 44.6 Å². The Morgan fingerprint density at radius 2 is 2.17 bits per heavy atom. The minimum absolute atomic E-state index is 0.501. The zero-order valence-electron chi connectivity index (χ0n) is 9.06. The van der Waals surface area contributed by atoms with Crippen molar-refractivity contribution in [1.29, 1.82) is 0 Å². The molecule has 5 heteroatoms. The molecule has 0 aliphatic rings. The molecule has 1 atom stereocenters. The van der Waals surface area contributed by atoms with Gasteiger partial charge in [-0.2, -0.15) is 0 Å². The van der Waals surface area contributed by atoms with Crippen molar-refractivity contribution < 1.29 is 9.52 Å². The summed E-state index contributed by atoms with van der Waals surface area (Å²) < 4.78 is 6.52. The minimum atomic E-state index is -0.775. The van der Waals surface area contributed by atoms with Crippen LogP contribution < -0.4 is 0 Å². The van der Waals surface area contributed by atoms with Gasteiger partial charge in [-0.05, 0) is 39.5 Å². The minimum Gasteiger partial charge on any atom is -0.456 e. The van der Waals surface area contributed by atoms with E-state index in [1.165, 1.54) is 11.3 Å². The molecule has 1 N–H and O–H groups in total. The van der Waals surface area contributed by atoms with E-state index in [0.29, 0.717) is 16.4 Å². The Balaban J connectivity index is 2.10. The molecule has 1 aromatic carbocycles. The first kappa shape index (κ1) is 12.2. The fourth-order valence-corrected chi connectivity index (χ4v) is 3.61. The molecule has 0 aliphatic heterocycles. The fourth-order valence-electron chi connectivity index (χ4n) is 1.81. The molecule has 3 aromatic rings. The quantitative estimate of drug-likeness (QED) is 0.711. The molecule has 3 rings (SSSR count). The number of aliphatic hydroxyl groups excluding tert-OH is 1. The van der Waals surface area contributed by atoms with Gasteiger partial charge in [0, 0.05) is 9.86 Å². The molecule has 0 amide bonds. The van der Waals surface area contributed by atoms with Gasteiger partial charge in [0.2, 0.25) is 0 Å². The van der Waals surface area contributed by atoms with Crippen molar-refractivity contribution in [2.75, 3.05) is 0 Å². The van der Waals surface area contributed by atoms with Crippen LogP contribution in [0.1, 0.15) is 16.7 Å². The van der Waals surface area contributed by atoms with E-state index in [4.69, 9.17) is 16.0 Å². The summed E-state index contributed by atoms with van der Waals surface area (Å²) in [7, 11) is 0. The molecular weight excluding hydrogens is 336 g/mol. The highest BCUT2D eigenvalue weighted by atomic mass is 79.9. The van der Waals surface area contributed by atoms with Gasteiger partial charge in [-0.15, -0.1) is 11.3 Å². The fraction of sp³-hybridized carbons (Fsp3) is 0.0769. The topological polar surface area (TPSA) is 33.4 Å². The number of hydrogen-bond acceptors (Lipinski definition) is 3. The van der Waals surface area contributed by atoms with Crippen molar-refractivity contribution >= 4 is 49.8 Å². The van der Waals surface area contributed by atoms with Gasteiger partial charge in [0.15, 0.2) is 5.58 Å². The van der Waals surface area contributed by atoms with Gasteiger partial charge in [-0.3, -0.25) is 0 Å². The third-order valence-corrected chi connectivity index (χ3v) is 4.90. The van der Waals surface area contributed by atoms with E-state index < -0.39 is 6.10 Å². The maximum absolute atomic E-state index is 10.3. The lowest BCUT2D eigenvalue weighted by Crippen LogP contribution is -1.95. The van der Waals surface area contributed by atoms with Gasteiger partial charge in [0.1, 0.15) is 11.9 Å². The van der Waals surface area contributed by atoms with E-state index in [0.717, 1.165) is 14.7 Å². The first-order valence-corrected chi connectivity index (χ1v) is 7.31. The highest BCUT2D eigenvalue weighted by Gasteiger charge is 2.19. The molecule has 2 heterocycles.